The average molecular weight is 397 g/mol. The molecule has 1 saturated heterocycles. The zero-order valence-electron chi connectivity index (χ0n) is 17.9. The Morgan fingerprint density at radius 3 is 2.00 bits per heavy atom. The number of carbonyl (C=O) groups excluding carboxylic acids is 2. The maximum atomic E-state index is 12.1. The van der Waals surface area contributed by atoms with E-state index in [0.29, 0.717) is 19.4 Å². The molecule has 0 spiro atoms. The maximum Gasteiger partial charge on any atom is 0.239 e. The Bertz CT molecular complexity index is 411. The van der Waals surface area contributed by atoms with E-state index in [1.807, 2.05) is 4.90 Å². The predicted molar refractivity (Wildman–Crippen MR) is 116 cm³/mol. The normalized spacial score (nSPS) is 15.0. The molecule has 5 N–H and O–H groups in total. The van der Waals surface area contributed by atoms with Crippen LogP contribution in [-0.4, -0.2) is 48.9 Å². The van der Waals surface area contributed by atoms with Crippen LogP contribution in [-0.2, 0) is 9.59 Å². The molecule has 28 heavy (non-hydrogen) atoms. The second-order valence-electron chi connectivity index (χ2n) is 8.21. The Hall–Kier alpha value is -1.14. The number of nitrogens with zero attached hydrogens (tertiary/aromatic N) is 1. The fourth-order valence-electron chi connectivity index (χ4n) is 3.77. The third-order valence-corrected chi connectivity index (χ3v) is 5.61. The van der Waals surface area contributed by atoms with Crippen LogP contribution < -0.4 is 16.8 Å². The van der Waals surface area contributed by atoms with Gasteiger partial charge in [-0.2, -0.15) is 0 Å². The topological polar surface area (TPSA) is 101 Å². The minimum Gasteiger partial charge on any atom is -0.356 e. The van der Waals surface area contributed by atoms with E-state index >= 15 is 0 Å². The Balaban J connectivity index is 1.85. The molecule has 0 aromatic rings. The first-order valence-electron chi connectivity index (χ1n) is 11.7. The van der Waals surface area contributed by atoms with Gasteiger partial charge in [-0.3, -0.25) is 9.59 Å². The van der Waals surface area contributed by atoms with E-state index in [-0.39, 0.29) is 17.9 Å². The first-order valence-corrected chi connectivity index (χ1v) is 11.7. The summed E-state index contributed by atoms with van der Waals surface area (Å²) in [7, 11) is 0. The highest BCUT2D eigenvalue weighted by atomic mass is 16.2. The van der Waals surface area contributed by atoms with Gasteiger partial charge in [-0.1, -0.05) is 44.9 Å². The van der Waals surface area contributed by atoms with Crippen molar-refractivity contribution in [3.63, 3.8) is 0 Å². The van der Waals surface area contributed by atoms with E-state index < -0.39 is 0 Å². The number of amides is 2. The minimum atomic E-state index is -0.380. The molecule has 2 amide bonds. The van der Waals surface area contributed by atoms with Crippen LogP contribution in [0.3, 0.4) is 0 Å². The lowest BCUT2D eigenvalue weighted by molar-refractivity contribution is -0.131. The van der Waals surface area contributed by atoms with Crippen LogP contribution in [0.1, 0.15) is 96.3 Å². The van der Waals surface area contributed by atoms with Crippen molar-refractivity contribution in [2.24, 2.45) is 11.5 Å². The van der Waals surface area contributed by atoms with E-state index in [9.17, 15) is 9.59 Å². The van der Waals surface area contributed by atoms with Crippen LogP contribution in [0.5, 0.6) is 0 Å². The number of unbranched alkanes of at least 4 members (excludes halogenated alkanes) is 9. The quantitative estimate of drug-likeness (QED) is 0.329. The van der Waals surface area contributed by atoms with Crippen LogP contribution in [0.25, 0.3) is 0 Å². The van der Waals surface area contributed by atoms with E-state index in [0.717, 1.165) is 64.6 Å². The molecule has 1 atom stereocenters. The van der Waals surface area contributed by atoms with Gasteiger partial charge in [0.2, 0.25) is 11.8 Å². The summed E-state index contributed by atoms with van der Waals surface area (Å²) in [5.74, 6) is 0.247. The Morgan fingerprint density at radius 2 is 1.39 bits per heavy atom. The summed E-state index contributed by atoms with van der Waals surface area (Å²) in [5.41, 5.74) is 11.5. The van der Waals surface area contributed by atoms with Crippen molar-refractivity contribution < 1.29 is 9.59 Å². The summed E-state index contributed by atoms with van der Waals surface area (Å²) in [4.78, 5) is 25.8. The van der Waals surface area contributed by atoms with Crippen LogP contribution in [0.2, 0.25) is 0 Å². The molecule has 0 aliphatic carbocycles. The van der Waals surface area contributed by atoms with Gasteiger partial charge in [-0.25, -0.2) is 0 Å². The third-order valence-electron chi connectivity index (χ3n) is 5.61. The van der Waals surface area contributed by atoms with Gasteiger partial charge in [-0.15, -0.1) is 0 Å². The highest BCUT2D eigenvalue weighted by Crippen LogP contribution is 2.12. The highest BCUT2D eigenvalue weighted by Gasteiger charge is 2.22. The molecule has 1 heterocycles. The Kier molecular flexibility index (Phi) is 14.9. The molecule has 1 aliphatic rings. The number of nitrogens with one attached hydrogen (secondary N) is 1. The fourth-order valence-corrected chi connectivity index (χ4v) is 3.77. The lowest BCUT2D eigenvalue weighted by Crippen LogP contribution is -2.42. The summed E-state index contributed by atoms with van der Waals surface area (Å²) in [5, 5.41) is 2.99. The van der Waals surface area contributed by atoms with Gasteiger partial charge in [0, 0.05) is 26.1 Å². The molecule has 1 fully saturated rings. The molecule has 0 aromatic carbocycles. The first kappa shape index (κ1) is 24.9. The zero-order chi connectivity index (χ0) is 20.5. The van der Waals surface area contributed by atoms with E-state index in [2.05, 4.69) is 5.32 Å². The van der Waals surface area contributed by atoms with E-state index in [1.54, 1.807) is 0 Å². The predicted octanol–water partition coefficient (Wildman–Crippen LogP) is 3.08. The molecule has 0 bridgehead atoms. The molecule has 0 aromatic heterocycles. The second-order valence-corrected chi connectivity index (χ2v) is 8.21. The summed E-state index contributed by atoms with van der Waals surface area (Å²) in [6.45, 7) is 3.22. The number of nitrogens with two attached hydrogens (primary N) is 2. The third kappa shape index (κ3) is 12.3. The van der Waals surface area contributed by atoms with Crippen molar-refractivity contribution in [1.82, 2.24) is 10.2 Å². The Labute approximate surface area is 172 Å². The SMILES string of the molecule is NCCCCCCCCCCCC(=O)NCCCC[C@H](N)C(=O)N1CCCC1. The van der Waals surface area contributed by atoms with E-state index in [1.165, 1.54) is 38.5 Å². The van der Waals surface area contributed by atoms with Crippen LogP contribution >= 0.6 is 0 Å². The highest BCUT2D eigenvalue weighted by molar-refractivity contribution is 5.81. The Morgan fingerprint density at radius 1 is 0.821 bits per heavy atom. The maximum absolute atomic E-state index is 12.1. The van der Waals surface area contributed by atoms with Gasteiger partial charge in [0.15, 0.2) is 0 Å². The molecular formula is C22H44N4O2. The molecule has 0 radical (unpaired) electrons. The largest absolute Gasteiger partial charge is 0.356 e. The van der Waals surface area contributed by atoms with Gasteiger partial charge in [0.25, 0.3) is 0 Å². The molecule has 164 valence electrons. The van der Waals surface area contributed by atoms with Gasteiger partial charge in [0.1, 0.15) is 0 Å². The van der Waals surface area contributed by atoms with Crippen LogP contribution in [0.4, 0.5) is 0 Å². The van der Waals surface area contributed by atoms with Crippen molar-refractivity contribution in [2.45, 2.75) is 102 Å². The number of carbonyl (C=O) groups is 2. The van der Waals surface area contributed by atoms with Crippen LogP contribution in [0.15, 0.2) is 0 Å². The lowest BCUT2D eigenvalue weighted by Gasteiger charge is -2.20. The summed E-state index contributed by atoms with van der Waals surface area (Å²) in [6.07, 6.45) is 16.3. The number of rotatable bonds is 17. The summed E-state index contributed by atoms with van der Waals surface area (Å²) in [6, 6.07) is -0.380. The molecule has 6 heteroatoms. The second kappa shape index (κ2) is 16.8. The zero-order valence-corrected chi connectivity index (χ0v) is 17.9. The monoisotopic (exact) mass is 396 g/mol. The smallest absolute Gasteiger partial charge is 0.239 e. The minimum absolute atomic E-state index is 0.0945. The van der Waals surface area contributed by atoms with Crippen molar-refractivity contribution >= 4 is 11.8 Å². The molecule has 1 rings (SSSR count). The molecule has 0 saturated carbocycles. The molecule has 1 aliphatic heterocycles. The van der Waals surface area contributed by atoms with Crippen molar-refractivity contribution in [3.8, 4) is 0 Å². The molecule has 6 nitrogen and oxygen atoms in total. The van der Waals surface area contributed by atoms with Crippen LogP contribution in [0, 0.1) is 0 Å². The van der Waals surface area contributed by atoms with Crippen molar-refractivity contribution in [1.29, 1.82) is 0 Å². The number of hydrogen-bond donors (Lipinski definition) is 3. The van der Waals surface area contributed by atoms with E-state index in [4.69, 9.17) is 11.5 Å². The average Bonchev–Trinajstić information content (AvgIpc) is 3.23. The first-order chi connectivity index (χ1) is 13.6. The number of likely N-dealkylation sites (tertiary alicyclic amines) is 1. The summed E-state index contributed by atoms with van der Waals surface area (Å²) >= 11 is 0. The van der Waals surface area contributed by atoms with Crippen molar-refractivity contribution in [2.75, 3.05) is 26.2 Å². The van der Waals surface area contributed by atoms with Gasteiger partial charge < -0.3 is 21.7 Å². The fraction of sp³-hybridized carbons (Fsp3) is 0.909. The summed E-state index contributed by atoms with van der Waals surface area (Å²) < 4.78 is 0. The standard InChI is InChI=1S/C22H44N4O2/c23-16-10-7-5-3-1-2-4-6-8-15-21(27)25-17-11-9-14-20(24)22(28)26-18-12-13-19-26/h20H,1-19,23-24H2,(H,25,27)/t20-/m0/s1. The molecule has 0 unspecified atom stereocenters. The van der Waals surface area contributed by atoms with Gasteiger partial charge in [-0.05, 0) is 51.5 Å². The lowest BCUT2D eigenvalue weighted by atomic mass is 10.1. The molecular weight excluding hydrogens is 352 g/mol. The number of hydrogen-bond acceptors (Lipinski definition) is 4. The van der Waals surface area contributed by atoms with Gasteiger partial charge in [0.05, 0.1) is 6.04 Å². The van der Waals surface area contributed by atoms with Gasteiger partial charge >= 0.3 is 0 Å². The van der Waals surface area contributed by atoms with Crippen molar-refractivity contribution in [3.05, 3.63) is 0 Å².